The highest BCUT2D eigenvalue weighted by Gasteiger charge is 2.27. The summed E-state index contributed by atoms with van der Waals surface area (Å²) in [5.74, 6) is -0.662. The molecule has 0 heterocycles. The summed E-state index contributed by atoms with van der Waals surface area (Å²) in [6, 6.07) is 13.9. The zero-order valence-corrected chi connectivity index (χ0v) is 15.4. The molecule has 0 spiro atoms. The molecule has 0 aliphatic carbocycles. The van der Waals surface area contributed by atoms with E-state index in [-0.39, 0.29) is 17.9 Å². The van der Waals surface area contributed by atoms with Crippen LogP contribution in [0.15, 0.2) is 53.4 Å². The Labute approximate surface area is 153 Å². The van der Waals surface area contributed by atoms with E-state index < -0.39 is 22.0 Å². The van der Waals surface area contributed by atoms with Crippen LogP contribution < -0.4 is 4.72 Å². The molecule has 0 aliphatic heterocycles. The normalized spacial score (nSPS) is 12.2. The Morgan fingerprint density at radius 3 is 2.54 bits per heavy atom. The average molecular weight is 372 g/mol. The predicted octanol–water partition coefficient (Wildman–Crippen LogP) is 2.32. The molecule has 0 fully saturated rings. The molecule has 2 aromatic rings. The third-order valence-corrected chi connectivity index (χ3v) is 5.18. The monoisotopic (exact) mass is 372 g/mol. The van der Waals surface area contributed by atoms with E-state index in [0.29, 0.717) is 11.1 Å². The van der Waals surface area contributed by atoms with Gasteiger partial charge in [0.1, 0.15) is 6.04 Å². The molecule has 1 unspecified atom stereocenters. The fourth-order valence-electron chi connectivity index (χ4n) is 2.39. The Kier molecular flexibility index (Phi) is 6.50. The lowest BCUT2D eigenvalue weighted by Gasteiger charge is -2.18. The van der Waals surface area contributed by atoms with Crippen molar-refractivity contribution in [1.29, 1.82) is 5.26 Å². The Morgan fingerprint density at radius 2 is 1.92 bits per heavy atom. The topological polar surface area (TPSA) is 96.3 Å². The molecule has 1 atom stereocenters. The third-order valence-electron chi connectivity index (χ3n) is 3.70. The highest BCUT2D eigenvalue weighted by Crippen LogP contribution is 2.14. The zero-order valence-electron chi connectivity index (χ0n) is 14.6. The second-order valence-corrected chi connectivity index (χ2v) is 7.47. The minimum atomic E-state index is -3.89. The molecule has 0 aliphatic rings. The van der Waals surface area contributed by atoms with Gasteiger partial charge in [0.15, 0.2) is 0 Å². The lowest BCUT2D eigenvalue weighted by Crippen LogP contribution is -2.43. The van der Waals surface area contributed by atoms with Gasteiger partial charge in [-0.15, -0.1) is 0 Å². The fraction of sp³-hybridized carbons (Fsp3) is 0.263. The number of hydrogen-bond acceptors (Lipinski definition) is 5. The molecule has 136 valence electrons. The summed E-state index contributed by atoms with van der Waals surface area (Å²) in [4.78, 5) is 12.3. The molecule has 2 rings (SSSR count). The van der Waals surface area contributed by atoms with E-state index in [1.165, 1.54) is 12.1 Å². The first kappa shape index (κ1) is 19.6. The quantitative estimate of drug-likeness (QED) is 0.753. The van der Waals surface area contributed by atoms with Crippen LogP contribution in [0.1, 0.15) is 23.6 Å². The number of nitrogens with zero attached hydrogens (tertiary/aromatic N) is 1. The Morgan fingerprint density at radius 1 is 1.23 bits per heavy atom. The molecule has 1 N–H and O–H groups in total. The van der Waals surface area contributed by atoms with E-state index in [9.17, 15) is 13.2 Å². The summed E-state index contributed by atoms with van der Waals surface area (Å²) in [6.45, 7) is 3.65. The van der Waals surface area contributed by atoms with Crippen molar-refractivity contribution in [2.24, 2.45) is 0 Å². The number of carbonyl (C=O) groups is 1. The van der Waals surface area contributed by atoms with Crippen LogP contribution in [0.2, 0.25) is 0 Å². The van der Waals surface area contributed by atoms with Crippen molar-refractivity contribution in [3.63, 3.8) is 0 Å². The lowest BCUT2D eigenvalue weighted by atomic mass is 10.0. The number of benzene rings is 2. The van der Waals surface area contributed by atoms with Crippen LogP contribution in [0.3, 0.4) is 0 Å². The second-order valence-electron chi connectivity index (χ2n) is 5.76. The molecule has 6 nitrogen and oxygen atoms in total. The van der Waals surface area contributed by atoms with Crippen LogP contribution in [-0.4, -0.2) is 27.0 Å². The molecule has 0 saturated heterocycles. The SMILES string of the molecule is CCOC(=O)C(Cc1cccc(C#N)c1)NS(=O)(=O)c1ccc(C)cc1. The summed E-state index contributed by atoms with van der Waals surface area (Å²) in [5, 5.41) is 8.99. The number of hydrogen-bond donors (Lipinski definition) is 1. The summed E-state index contributed by atoms with van der Waals surface area (Å²) in [5.41, 5.74) is 2.03. The third kappa shape index (κ3) is 5.15. The Hall–Kier alpha value is -2.69. The summed E-state index contributed by atoms with van der Waals surface area (Å²) in [7, 11) is -3.89. The van der Waals surface area contributed by atoms with Gasteiger partial charge in [0.2, 0.25) is 10.0 Å². The van der Waals surface area contributed by atoms with Gasteiger partial charge >= 0.3 is 5.97 Å². The van der Waals surface area contributed by atoms with Gasteiger partial charge in [-0.25, -0.2) is 8.42 Å². The molecular weight excluding hydrogens is 352 g/mol. The van der Waals surface area contributed by atoms with Crippen LogP contribution in [-0.2, 0) is 26.0 Å². The first-order chi connectivity index (χ1) is 12.4. The largest absolute Gasteiger partial charge is 0.465 e. The number of rotatable bonds is 7. The van der Waals surface area contributed by atoms with Crippen LogP contribution in [0.5, 0.6) is 0 Å². The number of carbonyl (C=O) groups excluding carboxylic acids is 1. The van der Waals surface area contributed by atoms with Gasteiger partial charge in [-0.05, 0) is 50.1 Å². The lowest BCUT2D eigenvalue weighted by molar-refractivity contribution is -0.145. The van der Waals surface area contributed by atoms with Crippen LogP contribution in [0, 0.1) is 18.3 Å². The fourth-order valence-corrected chi connectivity index (χ4v) is 3.58. The van der Waals surface area contributed by atoms with Gasteiger partial charge in [0.25, 0.3) is 0 Å². The summed E-state index contributed by atoms with van der Waals surface area (Å²) >= 11 is 0. The minimum absolute atomic E-state index is 0.0724. The molecular formula is C19H20N2O4S. The molecule has 2 aromatic carbocycles. The van der Waals surface area contributed by atoms with E-state index >= 15 is 0 Å². The molecule has 0 saturated carbocycles. The predicted molar refractivity (Wildman–Crippen MR) is 96.8 cm³/mol. The zero-order chi connectivity index (χ0) is 19.2. The number of sulfonamides is 1. The molecule has 0 radical (unpaired) electrons. The maximum atomic E-state index is 12.6. The number of nitriles is 1. The number of aryl methyl sites for hydroxylation is 1. The second kappa shape index (κ2) is 8.61. The molecule has 26 heavy (non-hydrogen) atoms. The molecule has 0 bridgehead atoms. The summed E-state index contributed by atoms with van der Waals surface area (Å²) in [6.07, 6.45) is 0.0828. The first-order valence-electron chi connectivity index (χ1n) is 8.10. The van der Waals surface area contributed by atoms with Gasteiger partial charge in [-0.2, -0.15) is 9.98 Å². The first-order valence-corrected chi connectivity index (χ1v) is 9.58. The van der Waals surface area contributed by atoms with Gasteiger partial charge in [0, 0.05) is 0 Å². The average Bonchev–Trinajstić information content (AvgIpc) is 2.61. The maximum absolute atomic E-state index is 12.6. The van der Waals surface area contributed by atoms with E-state index in [4.69, 9.17) is 10.00 Å². The van der Waals surface area contributed by atoms with E-state index in [1.807, 2.05) is 13.0 Å². The minimum Gasteiger partial charge on any atom is -0.465 e. The maximum Gasteiger partial charge on any atom is 0.324 e. The smallest absolute Gasteiger partial charge is 0.324 e. The standard InChI is InChI=1S/C19H20N2O4S/c1-3-25-19(22)18(12-15-5-4-6-16(11-15)13-20)21-26(23,24)17-9-7-14(2)8-10-17/h4-11,18,21H,3,12H2,1-2H3. The van der Waals surface area contributed by atoms with E-state index in [1.54, 1.807) is 43.3 Å². The van der Waals surface area contributed by atoms with Gasteiger partial charge in [-0.1, -0.05) is 29.8 Å². The van der Waals surface area contributed by atoms with Crippen molar-refractivity contribution < 1.29 is 17.9 Å². The van der Waals surface area contributed by atoms with Gasteiger partial charge in [-0.3, -0.25) is 4.79 Å². The van der Waals surface area contributed by atoms with Crippen molar-refractivity contribution in [2.75, 3.05) is 6.61 Å². The number of esters is 1. The van der Waals surface area contributed by atoms with Crippen molar-refractivity contribution in [3.8, 4) is 6.07 Å². The van der Waals surface area contributed by atoms with Crippen molar-refractivity contribution in [3.05, 3.63) is 65.2 Å². The van der Waals surface area contributed by atoms with Crippen molar-refractivity contribution in [2.45, 2.75) is 31.2 Å². The summed E-state index contributed by atoms with van der Waals surface area (Å²) < 4.78 is 32.6. The number of ether oxygens (including phenoxy) is 1. The Balaban J connectivity index is 2.28. The highest BCUT2D eigenvalue weighted by molar-refractivity contribution is 7.89. The molecule has 0 aromatic heterocycles. The van der Waals surface area contributed by atoms with Gasteiger partial charge in [0.05, 0.1) is 23.1 Å². The van der Waals surface area contributed by atoms with Gasteiger partial charge < -0.3 is 4.74 Å². The van der Waals surface area contributed by atoms with Crippen molar-refractivity contribution >= 4 is 16.0 Å². The van der Waals surface area contributed by atoms with E-state index in [2.05, 4.69) is 4.72 Å². The van der Waals surface area contributed by atoms with E-state index in [0.717, 1.165) is 5.56 Å². The Bertz CT molecular complexity index is 915. The van der Waals surface area contributed by atoms with Crippen LogP contribution >= 0.6 is 0 Å². The number of nitrogens with one attached hydrogen (secondary N) is 1. The molecule has 7 heteroatoms. The van der Waals surface area contributed by atoms with Crippen LogP contribution in [0.25, 0.3) is 0 Å². The van der Waals surface area contributed by atoms with Crippen molar-refractivity contribution in [1.82, 2.24) is 4.72 Å². The molecule has 0 amide bonds. The van der Waals surface area contributed by atoms with Crippen LogP contribution in [0.4, 0.5) is 0 Å². The highest BCUT2D eigenvalue weighted by atomic mass is 32.2.